The normalized spacial score (nSPS) is 12.3. The standard InChI is InChI=1S/C18H18Cl4S/c19-11-17(12-20,15-7-3-1-4-8-15)23-18(13-21,14-22)16-9-5-2-6-10-16/h1-10H,11-14H2. The van der Waals surface area contributed by atoms with Gasteiger partial charge in [-0.25, -0.2) is 0 Å². The van der Waals surface area contributed by atoms with Crippen molar-refractivity contribution in [2.45, 2.75) is 9.49 Å². The smallest absolute Gasteiger partial charge is 0.0687 e. The topological polar surface area (TPSA) is 0 Å². The Morgan fingerprint density at radius 1 is 0.565 bits per heavy atom. The van der Waals surface area contributed by atoms with Crippen LogP contribution in [0, 0.1) is 0 Å². The SMILES string of the molecule is ClCC(CCl)(SC(CCl)(CCl)c1ccccc1)c1ccccc1. The van der Waals surface area contributed by atoms with E-state index in [1.807, 2.05) is 36.4 Å². The summed E-state index contributed by atoms with van der Waals surface area (Å²) in [7, 11) is 0. The first kappa shape index (κ1) is 19.3. The van der Waals surface area contributed by atoms with Gasteiger partial charge < -0.3 is 0 Å². The first-order chi connectivity index (χ1) is 11.2. The fourth-order valence-electron chi connectivity index (χ4n) is 2.46. The summed E-state index contributed by atoms with van der Waals surface area (Å²) in [6, 6.07) is 20.1. The quantitative estimate of drug-likeness (QED) is 0.452. The minimum Gasteiger partial charge on any atom is -0.134 e. The Bertz CT molecular complexity index is 527. The molecule has 0 saturated heterocycles. The molecule has 0 aliphatic rings. The molecule has 0 heterocycles. The molecule has 2 rings (SSSR count). The van der Waals surface area contributed by atoms with E-state index >= 15 is 0 Å². The molecule has 124 valence electrons. The van der Waals surface area contributed by atoms with Gasteiger partial charge in [0.25, 0.3) is 0 Å². The Morgan fingerprint density at radius 2 is 0.870 bits per heavy atom. The summed E-state index contributed by atoms with van der Waals surface area (Å²) >= 11 is 27.2. The van der Waals surface area contributed by atoms with E-state index in [4.69, 9.17) is 46.4 Å². The zero-order valence-electron chi connectivity index (χ0n) is 12.5. The van der Waals surface area contributed by atoms with Crippen molar-refractivity contribution >= 4 is 58.2 Å². The number of hydrogen-bond acceptors (Lipinski definition) is 1. The second kappa shape index (κ2) is 8.87. The van der Waals surface area contributed by atoms with Gasteiger partial charge >= 0.3 is 0 Å². The molecule has 0 aromatic heterocycles. The highest BCUT2D eigenvalue weighted by Crippen LogP contribution is 2.51. The summed E-state index contributed by atoms with van der Waals surface area (Å²) in [5, 5.41) is 0. The number of rotatable bonds is 8. The van der Waals surface area contributed by atoms with Crippen molar-refractivity contribution in [1.82, 2.24) is 0 Å². The van der Waals surface area contributed by atoms with Crippen LogP contribution in [0.15, 0.2) is 60.7 Å². The van der Waals surface area contributed by atoms with Gasteiger partial charge in [0, 0.05) is 23.5 Å². The van der Waals surface area contributed by atoms with Crippen molar-refractivity contribution < 1.29 is 0 Å². The van der Waals surface area contributed by atoms with Crippen LogP contribution >= 0.6 is 58.2 Å². The van der Waals surface area contributed by atoms with Gasteiger partial charge in [-0.2, -0.15) is 0 Å². The number of hydrogen-bond donors (Lipinski definition) is 0. The lowest BCUT2D eigenvalue weighted by Crippen LogP contribution is -2.37. The summed E-state index contributed by atoms with van der Waals surface area (Å²) in [6.45, 7) is 0. The fraction of sp³-hybridized carbons (Fsp3) is 0.333. The van der Waals surface area contributed by atoms with Crippen LogP contribution < -0.4 is 0 Å². The summed E-state index contributed by atoms with van der Waals surface area (Å²) in [5.41, 5.74) is 2.18. The van der Waals surface area contributed by atoms with E-state index in [-0.39, 0.29) is 0 Å². The van der Waals surface area contributed by atoms with E-state index in [1.54, 1.807) is 11.8 Å². The predicted octanol–water partition coefficient (Wildman–Crippen LogP) is 6.47. The average Bonchev–Trinajstić information content (AvgIpc) is 2.65. The van der Waals surface area contributed by atoms with Crippen LogP contribution in [0.2, 0.25) is 0 Å². The summed E-state index contributed by atoms with van der Waals surface area (Å²) in [5.74, 6) is 1.53. The number of halogens is 4. The van der Waals surface area contributed by atoms with Gasteiger partial charge in [0.05, 0.1) is 9.49 Å². The van der Waals surface area contributed by atoms with Gasteiger partial charge in [0.15, 0.2) is 0 Å². The molecule has 2 aromatic carbocycles. The Morgan fingerprint density at radius 3 is 1.13 bits per heavy atom. The monoisotopic (exact) mass is 406 g/mol. The zero-order chi connectivity index (χ0) is 16.8. The summed E-state index contributed by atoms with van der Waals surface area (Å²) < 4.78 is -0.909. The lowest BCUT2D eigenvalue weighted by Gasteiger charge is -2.40. The van der Waals surface area contributed by atoms with Gasteiger partial charge in [-0.05, 0) is 11.1 Å². The van der Waals surface area contributed by atoms with Crippen molar-refractivity contribution in [2.24, 2.45) is 0 Å². The van der Waals surface area contributed by atoms with E-state index in [1.165, 1.54) is 0 Å². The van der Waals surface area contributed by atoms with Crippen LogP contribution in [-0.4, -0.2) is 23.5 Å². The molecule has 0 aliphatic heterocycles. The molecule has 0 unspecified atom stereocenters. The molecular formula is C18H18Cl4S. The van der Waals surface area contributed by atoms with Gasteiger partial charge in [0.1, 0.15) is 0 Å². The Labute approximate surface area is 162 Å². The van der Waals surface area contributed by atoms with Gasteiger partial charge in [-0.1, -0.05) is 60.7 Å². The minimum absolute atomic E-state index is 0.382. The first-order valence-corrected chi connectivity index (χ1v) is 10.2. The molecule has 0 N–H and O–H groups in total. The predicted molar refractivity (Wildman–Crippen MR) is 107 cm³/mol. The second-order valence-electron chi connectivity index (χ2n) is 5.36. The molecule has 23 heavy (non-hydrogen) atoms. The molecule has 0 saturated carbocycles. The second-order valence-corrected chi connectivity index (χ2v) is 8.19. The van der Waals surface area contributed by atoms with Crippen molar-refractivity contribution in [3.63, 3.8) is 0 Å². The highest BCUT2D eigenvalue weighted by atomic mass is 35.5. The average molecular weight is 408 g/mol. The molecule has 0 radical (unpaired) electrons. The van der Waals surface area contributed by atoms with Crippen molar-refractivity contribution in [2.75, 3.05) is 23.5 Å². The van der Waals surface area contributed by atoms with E-state index in [9.17, 15) is 0 Å². The molecule has 0 fully saturated rings. The summed E-state index contributed by atoms with van der Waals surface area (Å²) in [4.78, 5) is 0. The Kier molecular flexibility index (Phi) is 7.44. The molecule has 2 aromatic rings. The van der Waals surface area contributed by atoms with Crippen molar-refractivity contribution in [1.29, 1.82) is 0 Å². The summed E-state index contributed by atoms with van der Waals surface area (Å²) in [6.07, 6.45) is 0. The third-order valence-corrected chi connectivity index (χ3v) is 8.14. The Balaban J connectivity index is 2.48. The van der Waals surface area contributed by atoms with E-state index in [2.05, 4.69) is 24.3 Å². The molecular weight excluding hydrogens is 390 g/mol. The molecule has 5 heteroatoms. The van der Waals surface area contributed by atoms with E-state index in [0.29, 0.717) is 23.5 Å². The number of benzene rings is 2. The van der Waals surface area contributed by atoms with Crippen LogP contribution in [-0.2, 0) is 9.49 Å². The highest BCUT2D eigenvalue weighted by Gasteiger charge is 2.43. The third kappa shape index (κ3) is 4.14. The van der Waals surface area contributed by atoms with Crippen LogP contribution in [0.4, 0.5) is 0 Å². The molecule has 0 nitrogen and oxygen atoms in total. The number of thioether (sulfide) groups is 1. The maximum Gasteiger partial charge on any atom is 0.0687 e. The molecule has 0 spiro atoms. The largest absolute Gasteiger partial charge is 0.134 e. The van der Waals surface area contributed by atoms with E-state index < -0.39 is 9.49 Å². The van der Waals surface area contributed by atoms with Gasteiger partial charge in [-0.15, -0.1) is 58.2 Å². The van der Waals surface area contributed by atoms with Crippen LogP contribution in [0.1, 0.15) is 11.1 Å². The Hall–Kier alpha value is -0.0500. The zero-order valence-corrected chi connectivity index (χ0v) is 16.4. The highest BCUT2D eigenvalue weighted by molar-refractivity contribution is 8.01. The third-order valence-electron chi connectivity index (χ3n) is 3.85. The number of alkyl halides is 4. The molecule has 0 atom stereocenters. The minimum atomic E-state index is -0.454. The fourth-order valence-corrected chi connectivity index (χ4v) is 5.78. The van der Waals surface area contributed by atoms with Gasteiger partial charge in [-0.3, -0.25) is 0 Å². The molecule has 0 bridgehead atoms. The van der Waals surface area contributed by atoms with Crippen LogP contribution in [0.25, 0.3) is 0 Å². The lowest BCUT2D eigenvalue weighted by atomic mass is 10.0. The maximum atomic E-state index is 6.37. The van der Waals surface area contributed by atoms with E-state index in [0.717, 1.165) is 11.1 Å². The first-order valence-electron chi connectivity index (χ1n) is 7.21. The molecule has 0 amide bonds. The van der Waals surface area contributed by atoms with Crippen molar-refractivity contribution in [3.8, 4) is 0 Å². The van der Waals surface area contributed by atoms with Crippen LogP contribution in [0.5, 0.6) is 0 Å². The maximum absolute atomic E-state index is 6.37. The van der Waals surface area contributed by atoms with Crippen molar-refractivity contribution in [3.05, 3.63) is 71.8 Å². The lowest BCUT2D eigenvalue weighted by molar-refractivity contribution is 0.734. The van der Waals surface area contributed by atoms with Crippen LogP contribution in [0.3, 0.4) is 0 Å². The molecule has 0 aliphatic carbocycles. The van der Waals surface area contributed by atoms with Gasteiger partial charge in [0.2, 0.25) is 0 Å².